The number of aromatic nitrogens is 5. The van der Waals surface area contributed by atoms with Gasteiger partial charge in [-0.25, -0.2) is 23.3 Å². The fraction of sp³-hybridized carbons (Fsp3) is 0.500. The fourth-order valence-electron chi connectivity index (χ4n) is 6.37. The zero-order chi connectivity index (χ0) is 27.3. The summed E-state index contributed by atoms with van der Waals surface area (Å²) < 4.78 is 33.6. The molecule has 40 heavy (non-hydrogen) atoms. The molecule has 2 aliphatic carbocycles. The first-order chi connectivity index (χ1) is 19.4. The number of hydrogen-bond acceptors (Lipinski definition) is 7. The number of nitrogens with one attached hydrogen (secondary N) is 3. The first-order valence-electron chi connectivity index (χ1n) is 14.0. The topological polar surface area (TPSA) is 112 Å². The number of ether oxygens (including phenoxy) is 1. The van der Waals surface area contributed by atoms with Crippen molar-refractivity contribution in [3.05, 3.63) is 42.6 Å². The molecule has 3 N–H and O–H groups in total. The van der Waals surface area contributed by atoms with Crippen LogP contribution in [0.25, 0.3) is 27.7 Å². The van der Waals surface area contributed by atoms with E-state index >= 15 is 0 Å². The Labute approximate surface area is 229 Å². The molecule has 0 radical (unpaired) electrons. The van der Waals surface area contributed by atoms with Crippen molar-refractivity contribution in [3.63, 3.8) is 0 Å². The van der Waals surface area contributed by atoms with Crippen molar-refractivity contribution >= 4 is 28.3 Å². The van der Waals surface area contributed by atoms with Gasteiger partial charge in [-0.3, -0.25) is 9.69 Å². The minimum Gasteiger partial charge on any atom is -0.379 e. The van der Waals surface area contributed by atoms with Gasteiger partial charge in [-0.2, -0.15) is 5.10 Å². The molecule has 0 unspecified atom stereocenters. The van der Waals surface area contributed by atoms with E-state index in [2.05, 4.69) is 35.6 Å². The number of pyridine rings is 1. The molecule has 7 rings (SSSR count). The molecule has 0 spiro atoms. The van der Waals surface area contributed by atoms with Gasteiger partial charge in [-0.1, -0.05) is 0 Å². The van der Waals surface area contributed by atoms with Crippen LogP contribution in [0.5, 0.6) is 0 Å². The summed E-state index contributed by atoms with van der Waals surface area (Å²) in [6.07, 6.45) is 10.5. The third-order valence-electron chi connectivity index (χ3n) is 8.57. The number of anilines is 1. The molecule has 0 aromatic carbocycles. The van der Waals surface area contributed by atoms with Gasteiger partial charge < -0.3 is 20.4 Å². The molecule has 210 valence electrons. The second-order valence-electron chi connectivity index (χ2n) is 11.2. The Bertz CT molecular complexity index is 1530. The average Bonchev–Trinajstić information content (AvgIpc) is 3.58. The molecule has 5 heterocycles. The Hall–Kier alpha value is -3.64. The number of fused-ring (bicyclic) bond motifs is 2. The SMILES string of the molecule is O=C(NC1CC(F)(F)C1)c1cnn2ccc(-c3c[nH]c4ncnc(N[C@H]5CC[C@H](N6CCOCC6)CC5)c34)cc12. The lowest BCUT2D eigenvalue weighted by Crippen LogP contribution is -2.50. The second-order valence-corrected chi connectivity index (χ2v) is 11.2. The molecule has 4 aromatic rings. The third-order valence-corrected chi connectivity index (χ3v) is 8.57. The molecule has 3 fully saturated rings. The summed E-state index contributed by atoms with van der Waals surface area (Å²) in [5.41, 5.74) is 3.46. The predicted octanol–water partition coefficient (Wildman–Crippen LogP) is 3.86. The van der Waals surface area contributed by atoms with Crippen molar-refractivity contribution < 1.29 is 18.3 Å². The zero-order valence-corrected chi connectivity index (χ0v) is 22.1. The van der Waals surface area contributed by atoms with Crippen LogP contribution in [0.3, 0.4) is 0 Å². The molecule has 1 amide bonds. The lowest BCUT2D eigenvalue weighted by Gasteiger charge is -2.39. The Balaban J connectivity index is 1.12. The summed E-state index contributed by atoms with van der Waals surface area (Å²) in [5.74, 6) is -2.31. The molecule has 3 aliphatic rings. The number of alkyl halides is 2. The molecule has 1 saturated heterocycles. The smallest absolute Gasteiger partial charge is 0.255 e. The number of carbonyl (C=O) groups is 1. The van der Waals surface area contributed by atoms with Crippen LogP contribution in [0.2, 0.25) is 0 Å². The van der Waals surface area contributed by atoms with Gasteiger partial charge in [0.05, 0.1) is 35.9 Å². The molecule has 10 nitrogen and oxygen atoms in total. The van der Waals surface area contributed by atoms with Crippen molar-refractivity contribution in [2.24, 2.45) is 0 Å². The van der Waals surface area contributed by atoms with Gasteiger partial charge in [0.1, 0.15) is 17.8 Å². The lowest BCUT2D eigenvalue weighted by molar-refractivity contribution is -0.0901. The molecule has 2 saturated carbocycles. The third kappa shape index (κ3) is 4.79. The number of rotatable bonds is 6. The maximum absolute atomic E-state index is 13.3. The molecular formula is C28H32F2N8O2. The van der Waals surface area contributed by atoms with Crippen LogP contribution in [-0.4, -0.2) is 85.7 Å². The summed E-state index contributed by atoms with van der Waals surface area (Å²) in [4.78, 5) is 27.8. The van der Waals surface area contributed by atoms with Gasteiger partial charge in [0.25, 0.3) is 11.8 Å². The highest BCUT2D eigenvalue weighted by atomic mass is 19.3. The number of nitrogens with zero attached hydrogens (tertiary/aromatic N) is 5. The molecule has 0 atom stereocenters. The van der Waals surface area contributed by atoms with Crippen molar-refractivity contribution in [1.29, 1.82) is 0 Å². The highest BCUT2D eigenvalue weighted by molar-refractivity contribution is 6.04. The van der Waals surface area contributed by atoms with E-state index < -0.39 is 17.9 Å². The van der Waals surface area contributed by atoms with Crippen molar-refractivity contribution in [3.8, 4) is 11.1 Å². The normalized spacial score (nSPS) is 23.8. The van der Waals surface area contributed by atoms with Gasteiger partial charge in [0.2, 0.25) is 0 Å². The lowest BCUT2D eigenvalue weighted by atomic mass is 9.88. The number of aromatic amines is 1. The number of H-pyrrole nitrogens is 1. The van der Waals surface area contributed by atoms with E-state index in [0.29, 0.717) is 23.2 Å². The Kier molecular flexibility index (Phi) is 6.38. The Morgan fingerprint density at radius 2 is 1.90 bits per heavy atom. The van der Waals surface area contributed by atoms with E-state index in [9.17, 15) is 13.6 Å². The average molecular weight is 551 g/mol. The highest BCUT2D eigenvalue weighted by Crippen LogP contribution is 2.38. The van der Waals surface area contributed by atoms with Gasteiger partial charge in [-0.05, 0) is 43.4 Å². The van der Waals surface area contributed by atoms with Crippen molar-refractivity contribution in [1.82, 2.24) is 34.8 Å². The Morgan fingerprint density at radius 3 is 2.67 bits per heavy atom. The number of halogens is 2. The van der Waals surface area contributed by atoms with E-state index in [1.54, 1.807) is 17.0 Å². The standard InChI is InChI=1S/C28H32F2N8O2/c29-28(30)12-19(13-28)36-27(39)22-15-34-38-6-5-17(11-23(22)38)21-14-31-25-24(21)26(33-16-32-25)35-18-1-3-20(4-2-18)37-7-9-40-10-8-37/h5-6,11,14-16,18-20H,1-4,7-10,12-13H2,(H,36,39)(H2,31,32,33,35)/t18-,20-. The van der Waals surface area contributed by atoms with Gasteiger partial charge in [0, 0.05) is 62.0 Å². The molecular weight excluding hydrogens is 518 g/mol. The van der Waals surface area contributed by atoms with E-state index in [1.807, 2.05) is 18.3 Å². The predicted molar refractivity (Wildman–Crippen MR) is 146 cm³/mol. The van der Waals surface area contributed by atoms with E-state index in [4.69, 9.17) is 4.74 Å². The van der Waals surface area contributed by atoms with Gasteiger partial charge in [-0.15, -0.1) is 0 Å². The zero-order valence-electron chi connectivity index (χ0n) is 22.1. The first-order valence-corrected chi connectivity index (χ1v) is 14.0. The van der Waals surface area contributed by atoms with Crippen molar-refractivity contribution in [2.45, 2.75) is 62.6 Å². The minimum atomic E-state index is -2.70. The Morgan fingerprint density at radius 1 is 1.10 bits per heavy atom. The maximum Gasteiger partial charge on any atom is 0.255 e. The monoisotopic (exact) mass is 550 g/mol. The molecule has 12 heteroatoms. The molecule has 4 aromatic heterocycles. The summed E-state index contributed by atoms with van der Waals surface area (Å²) >= 11 is 0. The van der Waals surface area contributed by atoms with Crippen LogP contribution in [0.1, 0.15) is 48.9 Å². The van der Waals surface area contributed by atoms with Crippen LogP contribution < -0.4 is 10.6 Å². The number of morpholine rings is 1. The number of carbonyl (C=O) groups excluding carboxylic acids is 1. The van der Waals surface area contributed by atoms with Gasteiger partial charge in [0.15, 0.2) is 0 Å². The minimum absolute atomic E-state index is 0.324. The highest BCUT2D eigenvalue weighted by Gasteiger charge is 2.46. The molecule has 0 bridgehead atoms. The van der Waals surface area contributed by atoms with E-state index in [-0.39, 0.29) is 12.8 Å². The van der Waals surface area contributed by atoms with Crippen LogP contribution in [0, 0.1) is 0 Å². The van der Waals surface area contributed by atoms with Gasteiger partial charge >= 0.3 is 0 Å². The largest absolute Gasteiger partial charge is 0.379 e. The fourth-order valence-corrected chi connectivity index (χ4v) is 6.37. The summed E-state index contributed by atoms with van der Waals surface area (Å²) in [5, 5.41) is 11.6. The van der Waals surface area contributed by atoms with E-state index in [0.717, 1.165) is 80.0 Å². The van der Waals surface area contributed by atoms with Crippen LogP contribution in [0.4, 0.5) is 14.6 Å². The number of hydrogen-bond donors (Lipinski definition) is 3. The van der Waals surface area contributed by atoms with E-state index in [1.165, 1.54) is 6.20 Å². The van der Waals surface area contributed by atoms with Crippen molar-refractivity contribution in [2.75, 3.05) is 31.6 Å². The summed E-state index contributed by atoms with van der Waals surface area (Å²) in [6.45, 7) is 3.68. The maximum atomic E-state index is 13.3. The second kappa shape index (κ2) is 10.1. The summed E-state index contributed by atoms with van der Waals surface area (Å²) in [7, 11) is 0. The summed E-state index contributed by atoms with van der Waals surface area (Å²) in [6, 6.07) is 4.24. The van der Waals surface area contributed by atoms with Crippen LogP contribution in [0.15, 0.2) is 37.1 Å². The quantitative estimate of drug-likeness (QED) is 0.334. The molecule has 1 aliphatic heterocycles. The first kappa shape index (κ1) is 25.3. The van der Waals surface area contributed by atoms with Crippen LogP contribution >= 0.6 is 0 Å². The number of amides is 1. The van der Waals surface area contributed by atoms with Crippen LogP contribution in [-0.2, 0) is 4.74 Å².